The molecule has 0 aromatic carbocycles. The minimum atomic E-state index is 0.362. The summed E-state index contributed by atoms with van der Waals surface area (Å²) in [6, 6.07) is 0. The van der Waals surface area contributed by atoms with Gasteiger partial charge in [-0.15, -0.1) is 0 Å². The standard InChI is InChI=1S/C19H28O/c1-18-9-3-4-16(18)15-6-5-13-12-14(20)7-11-19(13,2)17(15)8-10-18/h12,15-17H,3-11H2,1-2H3/t15-,16-,17-,18-,19+/m0/s1. The topological polar surface area (TPSA) is 17.1 Å². The van der Waals surface area contributed by atoms with Gasteiger partial charge in [-0.25, -0.2) is 0 Å². The zero-order valence-corrected chi connectivity index (χ0v) is 13.1. The number of rotatable bonds is 0. The number of carbonyl (C=O) groups excluding carboxylic acids is 1. The summed E-state index contributed by atoms with van der Waals surface area (Å²) >= 11 is 0. The highest BCUT2D eigenvalue weighted by atomic mass is 16.1. The molecule has 0 aromatic rings. The third kappa shape index (κ3) is 1.64. The van der Waals surface area contributed by atoms with Crippen molar-refractivity contribution in [3.63, 3.8) is 0 Å². The Morgan fingerprint density at radius 1 is 1.00 bits per heavy atom. The van der Waals surface area contributed by atoms with Crippen LogP contribution in [0.3, 0.4) is 0 Å². The van der Waals surface area contributed by atoms with Gasteiger partial charge >= 0.3 is 0 Å². The van der Waals surface area contributed by atoms with Crippen molar-refractivity contribution in [1.82, 2.24) is 0 Å². The van der Waals surface area contributed by atoms with Gasteiger partial charge in [0.2, 0.25) is 0 Å². The van der Waals surface area contributed by atoms with E-state index in [0.717, 1.165) is 30.6 Å². The molecule has 4 aliphatic rings. The van der Waals surface area contributed by atoms with Crippen LogP contribution in [0.5, 0.6) is 0 Å². The second kappa shape index (κ2) is 4.21. The van der Waals surface area contributed by atoms with E-state index in [2.05, 4.69) is 13.8 Å². The van der Waals surface area contributed by atoms with Crippen LogP contribution in [0, 0.1) is 28.6 Å². The Hall–Kier alpha value is -0.590. The number of ketones is 1. The molecule has 0 aromatic heterocycles. The van der Waals surface area contributed by atoms with Gasteiger partial charge in [0, 0.05) is 6.42 Å². The molecule has 0 heterocycles. The van der Waals surface area contributed by atoms with Crippen LogP contribution < -0.4 is 0 Å². The van der Waals surface area contributed by atoms with Gasteiger partial charge in [-0.05, 0) is 79.6 Å². The van der Waals surface area contributed by atoms with Crippen LogP contribution in [0.25, 0.3) is 0 Å². The van der Waals surface area contributed by atoms with Crippen LogP contribution in [-0.4, -0.2) is 5.78 Å². The highest BCUT2D eigenvalue weighted by Crippen LogP contribution is 2.65. The molecular weight excluding hydrogens is 244 g/mol. The SMILES string of the molecule is C[C@@]12CCC[C@H]1[C@@H]1CCC3=CC(=O)CC[C@@]3(C)[C@H]1CC2. The molecule has 1 heteroatoms. The molecule has 20 heavy (non-hydrogen) atoms. The molecule has 0 radical (unpaired) electrons. The summed E-state index contributed by atoms with van der Waals surface area (Å²) in [5.74, 6) is 3.19. The van der Waals surface area contributed by atoms with Crippen LogP contribution in [0.1, 0.15) is 71.6 Å². The molecule has 110 valence electrons. The molecule has 0 amide bonds. The van der Waals surface area contributed by atoms with Gasteiger partial charge < -0.3 is 0 Å². The summed E-state index contributed by atoms with van der Waals surface area (Å²) in [6.07, 6.45) is 13.8. The lowest BCUT2D eigenvalue weighted by Gasteiger charge is -2.57. The van der Waals surface area contributed by atoms with E-state index < -0.39 is 0 Å². The van der Waals surface area contributed by atoms with Gasteiger partial charge in [0.1, 0.15) is 0 Å². The molecule has 1 nitrogen and oxygen atoms in total. The summed E-state index contributed by atoms with van der Waals surface area (Å²) in [7, 11) is 0. The fourth-order valence-corrected chi connectivity index (χ4v) is 6.55. The Morgan fingerprint density at radius 2 is 1.85 bits per heavy atom. The maximum absolute atomic E-state index is 11.8. The van der Waals surface area contributed by atoms with Crippen molar-refractivity contribution in [3.05, 3.63) is 11.6 Å². The van der Waals surface area contributed by atoms with E-state index in [0.29, 0.717) is 16.6 Å². The fourth-order valence-electron chi connectivity index (χ4n) is 6.55. The molecule has 4 aliphatic carbocycles. The Bertz CT molecular complexity index is 476. The summed E-state index contributed by atoms with van der Waals surface area (Å²) in [5, 5.41) is 0. The van der Waals surface area contributed by atoms with Crippen LogP contribution >= 0.6 is 0 Å². The zero-order valence-electron chi connectivity index (χ0n) is 13.1. The molecule has 0 aliphatic heterocycles. The second-order valence-electron chi connectivity index (χ2n) is 8.55. The van der Waals surface area contributed by atoms with E-state index in [1.807, 2.05) is 6.08 Å². The molecule has 4 rings (SSSR count). The Morgan fingerprint density at radius 3 is 2.70 bits per heavy atom. The zero-order chi connectivity index (χ0) is 14.0. The quantitative estimate of drug-likeness (QED) is 0.612. The molecule has 0 N–H and O–H groups in total. The maximum atomic E-state index is 11.8. The van der Waals surface area contributed by atoms with Gasteiger partial charge in [-0.3, -0.25) is 4.79 Å². The van der Waals surface area contributed by atoms with Crippen LogP contribution in [-0.2, 0) is 4.79 Å². The van der Waals surface area contributed by atoms with Crippen molar-refractivity contribution in [3.8, 4) is 0 Å². The van der Waals surface area contributed by atoms with Gasteiger partial charge in [0.05, 0.1) is 0 Å². The summed E-state index contributed by atoms with van der Waals surface area (Å²) < 4.78 is 0. The maximum Gasteiger partial charge on any atom is 0.155 e. The van der Waals surface area contributed by atoms with Crippen molar-refractivity contribution < 1.29 is 4.79 Å². The molecule has 0 bridgehead atoms. The lowest BCUT2D eigenvalue weighted by atomic mass is 9.47. The summed E-state index contributed by atoms with van der Waals surface area (Å²) in [4.78, 5) is 11.8. The monoisotopic (exact) mass is 272 g/mol. The van der Waals surface area contributed by atoms with Gasteiger partial charge in [0.25, 0.3) is 0 Å². The normalized spacial score (nSPS) is 51.0. The van der Waals surface area contributed by atoms with E-state index in [9.17, 15) is 4.79 Å². The van der Waals surface area contributed by atoms with Crippen molar-refractivity contribution in [2.45, 2.75) is 71.6 Å². The highest BCUT2D eigenvalue weighted by Gasteiger charge is 2.55. The number of hydrogen-bond donors (Lipinski definition) is 0. The van der Waals surface area contributed by atoms with Crippen molar-refractivity contribution in [2.75, 3.05) is 0 Å². The van der Waals surface area contributed by atoms with Crippen LogP contribution in [0.4, 0.5) is 0 Å². The molecular formula is C19H28O. The largest absolute Gasteiger partial charge is 0.295 e. The Kier molecular flexibility index (Phi) is 2.76. The fraction of sp³-hybridized carbons (Fsp3) is 0.842. The lowest BCUT2D eigenvalue weighted by Crippen LogP contribution is -2.49. The first-order valence-electron chi connectivity index (χ1n) is 8.77. The second-order valence-corrected chi connectivity index (χ2v) is 8.55. The van der Waals surface area contributed by atoms with Crippen molar-refractivity contribution in [2.24, 2.45) is 28.6 Å². The molecule has 0 spiro atoms. The lowest BCUT2D eigenvalue weighted by molar-refractivity contribution is -0.117. The number of hydrogen-bond acceptors (Lipinski definition) is 1. The number of carbonyl (C=O) groups is 1. The van der Waals surface area contributed by atoms with Crippen LogP contribution in [0.2, 0.25) is 0 Å². The predicted octanol–water partition coefficient (Wildman–Crippen LogP) is 4.91. The third-order valence-corrected chi connectivity index (χ3v) is 7.74. The predicted molar refractivity (Wildman–Crippen MR) is 81.3 cm³/mol. The highest BCUT2D eigenvalue weighted by molar-refractivity contribution is 5.91. The average Bonchev–Trinajstić information content (AvgIpc) is 2.81. The van der Waals surface area contributed by atoms with Crippen molar-refractivity contribution >= 4 is 5.78 Å². The summed E-state index contributed by atoms with van der Waals surface area (Å²) in [5.41, 5.74) is 2.53. The van der Waals surface area contributed by atoms with Gasteiger partial charge in [-0.2, -0.15) is 0 Å². The first-order valence-corrected chi connectivity index (χ1v) is 8.77. The van der Waals surface area contributed by atoms with E-state index in [-0.39, 0.29) is 0 Å². The van der Waals surface area contributed by atoms with E-state index >= 15 is 0 Å². The minimum Gasteiger partial charge on any atom is -0.295 e. The van der Waals surface area contributed by atoms with Crippen molar-refractivity contribution in [1.29, 1.82) is 0 Å². The Labute approximate surface area is 123 Å². The number of allylic oxidation sites excluding steroid dienone is 1. The first-order chi connectivity index (χ1) is 9.53. The van der Waals surface area contributed by atoms with E-state index in [1.54, 1.807) is 0 Å². The molecule has 0 saturated heterocycles. The van der Waals surface area contributed by atoms with Gasteiger partial charge in [-0.1, -0.05) is 25.8 Å². The molecule has 0 unspecified atom stereocenters. The van der Waals surface area contributed by atoms with Crippen LogP contribution in [0.15, 0.2) is 11.6 Å². The van der Waals surface area contributed by atoms with E-state index in [1.165, 1.54) is 50.5 Å². The minimum absolute atomic E-state index is 0.362. The smallest absolute Gasteiger partial charge is 0.155 e. The molecule has 3 fully saturated rings. The Balaban J connectivity index is 1.69. The third-order valence-electron chi connectivity index (χ3n) is 7.74. The van der Waals surface area contributed by atoms with Gasteiger partial charge in [0.15, 0.2) is 5.78 Å². The number of fused-ring (bicyclic) bond motifs is 5. The van der Waals surface area contributed by atoms with E-state index in [4.69, 9.17) is 0 Å². The summed E-state index contributed by atoms with van der Waals surface area (Å²) in [6.45, 7) is 5.05. The molecule has 5 atom stereocenters. The molecule has 3 saturated carbocycles. The first kappa shape index (κ1) is 13.1. The average molecular weight is 272 g/mol.